The van der Waals surface area contributed by atoms with E-state index in [9.17, 15) is 27.9 Å². The number of alkyl carbamates (subject to hydrolysis) is 1. The molecule has 0 spiro atoms. The number of likely N-dealkylation sites (N-methyl/N-ethyl adjacent to an activating group) is 1. The average molecular weight is 604 g/mol. The topological polar surface area (TPSA) is 178 Å². The smallest absolute Gasteiger partial charge is 0.412 e. The molecule has 1 fully saturated rings. The standard InChI is InChI=1S/C25H29N7O7S2/c1-29-6-5-19-20(14-29)40-23(27-19)24(35)32-8-7-30(13-18(32)10-21(33)34)41(37,38)31-11-16-4-3-15(9-17(16)12-31)22(26)28-25(36)39-2/h3-4,9,11-12,18H,5-8,10,13-14H2,1-2H3,(H,33,34)(H2,26,28,36). The molecule has 2 aliphatic heterocycles. The van der Waals surface area contributed by atoms with Crippen LogP contribution < -0.4 is 5.32 Å². The van der Waals surface area contributed by atoms with Gasteiger partial charge in [-0.3, -0.25) is 20.3 Å². The van der Waals surface area contributed by atoms with Crippen molar-refractivity contribution in [2.45, 2.75) is 25.4 Å². The predicted octanol–water partition coefficient (Wildman–Crippen LogP) is 1.16. The predicted molar refractivity (Wildman–Crippen MR) is 149 cm³/mol. The molecule has 4 heterocycles. The van der Waals surface area contributed by atoms with Gasteiger partial charge in [0.2, 0.25) is 0 Å². The van der Waals surface area contributed by atoms with E-state index >= 15 is 0 Å². The molecule has 1 atom stereocenters. The number of nitrogens with zero attached hydrogens (tertiary/aromatic N) is 5. The minimum atomic E-state index is -4.11. The zero-order chi connectivity index (χ0) is 29.5. The molecule has 1 saturated heterocycles. The highest BCUT2D eigenvalue weighted by Gasteiger charge is 2.39. The molecule has 2 amide bonds. The Labute approximate surface area is 239 Å². The number of amidine groups is 1. The van der Waals surface area contributed by atoms with E-state index in [1.807, 2.05) is 7.05 Å². The van der Waals surface area contributed by atoms with Gasteiger partial charge < -0.3 is 19.6 Å². The molecule has 16 heteroatoms. The van der Waals surface area contributed by atoms with E-state index in [4.69, 9.17) is 5.41 Å². The average Bonchev–Trinajstić information content (AvgIpc) is 3.56. The minimum Gasteiger partial charge on any atom is -0.481 e. The van der Waals surface area contributed by atoms with Crippen LogP contribution in [0.5, 0.6) is 0 Å². The summed E-state index contributed by atoms with van der Waals surface area (Å²) in [6, 6.07) is 3.88. The van der Waals surface area contributed by atoms with Crippen molar-refractivity contribution in [3.8, 4) is 0 Å². The van der Waals surface area contributed by atoms with Crippen LogP contribution in [0.3, 0.4) is 0 Å². The summed E-state index contributed by atoms with van der Waals surface area (Å²) in [6.07, 6.45) is 2.33. The first-order valence-electron chi connectivity index (χ1n) is 12.7. The van der Waals surface area contributed by atoms with Crippen LogP contribution in [0.2, 0.25) is 0 Å². The van der Waals surface area contributed by atoms with Crippen molar-refractivity contribution in [3.63, 3.8) is 0 Å². The summed E-state index contributed by atoms with van der Waals surface area (Å²) in [4.78, 5) is 45.7. The fraction of sp³-hybridized carbons (Fsp3) is 0.400. The van der Waals surface area contributed by atoms with E-state index in [-0.39, 0.29) is 30.5 Å². The number of nitrogens with one attached hydrogen (secondary N) is 2. The Morgan fingerprint density at radius 2 is 1.95 bits per heavy atom. The van der Waals surface area contributed by atoms with Crippen LogP contribution in [-0.2, 0) is 32.7 Å². The number of rotatable bonds is 6. The molecule has 2 aliphatic rings. The maximum atomic E-state index is 13.6. The summed E-state index contributed by atoms with van der Waals surface area (Å²) in [5.74, 6) is -1.74. The summed E-state index contributed by atoms with van der Waals surface area (Å²) in [7, 11) is -0.942. The first-order valence-corrected chi connectivity index (χ1v) is 14.9. The molecule has 5 rings (SSSR count). The van der Waals surface area contributed by atoms with Gasteiger partial charge in [-0.1, -0.05) is 12.1 Å². The maximum Gasteiger partial charge on any atom is 0.412 e. The Morgan fingerprint density at radius 3 is 2.68 bits per heavy atom. The Balaban J connectivity index is 1.36. The number of carboxylic acid groups (broad SMARTS) is 1. The molecule has 3 aromatic rings. The lowest BCUT2D eigenvalue weighted by Gasteiger charge is -2.39. The number of aliphatic carboxylic acids is 1. The summed E-state index contributed by atoms with van der Waals surface area (Å²) in [6.45, 7) is 1.33. The molecule has 2 aromatic heterocycles. The summed E-state index contributed by atoms with van der Waals surface area (Å²) in [5, 5.41) is 21.2. The number of carboxylic acids is 1. The number of aromatic nitrogens is 2. The Morgan fingerprint density at radius 1 is 1.20 bits per heavy atom. The number of thiazole rings is 1. The van der Waals surface area contributed by atoms with Crippen molar-refractivity contribution in [1.29, 1.82) is 5.41 Å². The number of carbonyl (C=O) groups excluding carboxylic acids is 2. The molecule has 0 radical (unpaired) electrons. The molecule has 218 valence electrons. The molecule has 3 N–H and O–H groups in total. The number of benzene rings is 1. The van der Waals surface area contributed by atoms with Crippen LogP contribution in [0.4, 0.5) is 4.79 Å². The van der Waals surface area contributed by atoms with E-state index in [1.165, 1.54) is 40.0 Å². The van der Waals surface area contributed by atoms with Crippen LogP contribution in [0.25, 0.3) is 10.8 Å². The Bertz CT molecular complexity index is 1650. The van der Waals surface area contributed by atoms with Crippen LogP contribution in [0, 0.1) is 5.41 Å². The number of ether oxygens (including phenoxy) is 1. The first-order chi connectivity index (χ1) is 19.5. The van der Waals surface area contributed by atoms with E-state index in [1.54, 1.807) is 18.2 Å². The van der Waals surface area contributed by atoms with Crippen LogP contribution in [0.1, 0.15) is 32.4 Å². The summed E-state index contributed by atoms with van der Waals surface area (Å²) in [5.41, 5.74) is 1.23. The van der Waals surface area contributed by atoms with Crippen molar-refractivity contribution in [2.24, 2.45) is 0 Å². The highest BCUT2D eigenvalue weighted by molar-refractivity contribution is 7.87. The van der Waals surface area contributed by atoms with E-state index in [0.29, 0.717) is 22.9 Å². The fourth-order valence-corrected chi connectivity index (χ4v) is 7.56. The Hall–Kier alpha value is -3.86. The van der Waals surface area contributed by atoms with Crippen molar-refractivity contribution < 1.29 is 32.6 Å². The third-order valence-corrected chi connectivity index (χ3v) is 9.93. The molecule has 1 aromatic carbocycles. The molecule has 0 bridgehead atoms. The maximum absolute atomic E-state index is 13.6. The zero-order valence-corrected chi connectivity index (χ0v) is 24.0. The SMILES string of the molecule is COC(=O)NC(=N)c1ccc2cn(S(=O)(=O)N3CCN(C(=O)c4nc5c(s4)CN(C)CC5)C(CC(=O)O)C3)cc2c1. The van der Waals surface area contributed by atoms with Crippen molar-refractivity contribution in [2.75, 3.05) is 40.3 Å². The molecule has 14 nitrogen and oxygen atoms in total. The van der Waals surface area contributed by atoms with Gasteiger partial charge in [0, 0.05) is 72.8 Å². The lowest BCUT2D eigenvalue weighted by atomic mass is 10.1. The third kappa shape index (κ3) is 5.81. The van der Waals surface area contributed by atoms with Crippen LogP contribution in [-0.4, -0.2) is 107 Å². The number of carbonyl (C=O) groups is 3. The Kier molecular flexibility index (Phi) is 7.83. The number of amides is 2. The number of fused-ring (bicyclic) bond motifs is 2. The summed E-state index contributed by atoms with van der Waals surface area (Å²) < 4.78 is 33.9. The highest BCUT2D eigenvalue weighted by atomic mass is 32.2. The van der Waals surface area contributed by atoms with Gasteiger partial charge >= 0.3 is 22.3 Å². The monoisotopic (exact) mass is 603 g/mol. The third-order valence-electron chi connectivity index (χ3n) is 7.13. The molecular formula is C25H29N7O7S2. The van der Waals surface area contributed by atoms with Crippen LogP contribution in [0.15, 0.2) is 30.6 Å². The molecule has 0 aliphatic carbocycles. The fourth-order valence-electron chi connectivity index (χ4n) is 4.98. The van der Waals surface area contributed by atoms with Gasteiger partial charge in [-0.15, -0.1) is 11.3 Å². The second kappa shape index (κ2) is 11.2. The lowest BCUT2D eigenvalue weighted by Crippen LogP contribution is -2.57. The van der Waals surface area contributed by atoms with Crippen molar-refractivity contribution in [1.82, 2.24) is 28.4 Å². The van der Waals surface area contributed by atoms with Gasteiger partial charge in [0.1, 0.15) is 5.84 Å². The van der Waals surface area contributed by atoms with Gasteiger partial charge in [-0.25, -0.2) is 13.8 Å². The lowest BCUT2D eigenvalue weighted by molar-refractivity contribution is -0.138. The van der Waals surface area contributed by atoms with E-state index in [2.05, 4.69) is 19.9 Å². The minimum absolute atomic E-state index is 0.0153. The second-order valence-electron chi connectivity index (χ2n) is 9.92. The number of hydrogen-bond donors (Lipinski definition) is 3. The van der Waals surface area contributed by atoms with E-state index < -0.39 is 40.6 Å². The van der Waals surface area contributed by atoms with Gasteiger partial charge in [0.15, 0.2) is 5.01 Å². The van der Waals surface area contributed by atoms with E-state index in [0.717, 1.165) is 27.5 Å². The number of methoxy groups -OCH3 is 1. The summed E-state index contributed by atoms with van der Waals surface area (Å²) >= 11 is 1.30. The van der Waals surface area contributed by atoms with Gasteiger partial charge in [-0.2, -0.15) is 12.7 Å². The number of piperazine rings is 1. The molecule has 1 unspecified atom stereocenters. The van der Waals surface area contributed by atoms with Crippen molar-refractivity contribution in [3.05, 3.63) is 51.7 Å². The quantitative estimate of drug-likeness (QED) is 0.275. The molecule has 41 heavy (non-hydrogen) atoms. The van der Waals surface area contributed by atoms with Crippen LogP contribution >= 0.6 is 11.3 Å². The number of hydrogen-bond acceptors (Lipinski definition) is 10. The van der Waals surface area contributed by atoms with Gasteiger partial charge in [-0.05, 0) is 13.1 Å². The second-order valence-corrected chi connectivity index (χ2v) is 12.8. The first kappa shape index (κ1) is 28.7. The van der Waals surface area contributed by atoms with Crippen molar-refractivity contribution >= 4 is 56.1 Å². The highest BCUT2D eigenvalue weighted by Crippen LogP contribution is 2.28. The molecular weight excluding hydrogens is 574 g/mol. The largest absolute Gasteiger partial charge is 0.481 e. The van der Waals surface area contributed by atoms with Gasteiger partial charge in [0.05, 0.1) is 25.3 Å². The zero-order valence-electron chi connectivity index (χ0n) is 22.4. The normalized spacial score (nSPS) is 18.2. The van der Waals surface area contributed by atoms with Gasteiger partial charge in [0.25, 0.3) is 5.91 Å². The molecule has 0 saturated carbocycles.